The summed E-state index contributed by atoms with van der Waals surface area (Å²) in [5, 5.41) is 0. The van der Waals surface area contributed by atoms with E-state index in [1.54, 1.807) is 23.1 Å². The standard InChI is InChI=1S/C11H10BrF2NO/c12-9-5-8(6-16)1-2-10(9)15-4-3-11(13,14)7-15/h1-2,5-6H,3-4,7H2. The van der Waals surface area contributed by atoms with Crippen LogP contribution in [0.15, 0.2) is 22.7 Å². The van der Waals surface area contributed by atoms with Gasteiger partial charge in [-0.1, -0.05) is 0 Å². The quantitative estimate of drug-likeness (QED) is 0.780. The molecule has 1 fully saturated rings. The summed E-state index contributed by atoms with van der Waals surface area (Å²) in [5.41, 5.74) is 1.24. The molecule has 0 radical (unpaired) electrons. The third-order valence-electron chi connectivity index (χ3n) is 2.62. The van der Waals surface area contributed by atoms with Gasteiger partial charge in [-0.15, -0.1) is 0 Å². The summed E-state index contributed by atoms with van der Waals surface area (Å²) < 4.78 is 26.8. The molecule has 1 aliphatic rings. The third-order valence-corrected chi connectivity index (χ3v) is 3.25. The van der Waals surface area contributed by atoms with Crippen LogP contribution in [0, 0.1) is 0 Å². The number of rotatable bonds is 2. The largest absolute Gasteiger partial charge is 0.364 e. The second-order valence-corrected chi connectivity index (χ2v) is 4.71. The Morgan fingerprint density at radius 1 is 1.44 bits per heavy atom. The van der Waals surface area contributed by atoms with Crippen LogP contribution in [0.25, 0.3) is 0 Å². The van der Waals surface area contributed by atoms with Crippen LogP contribution in [-0.2, 0) is 0 Å². The molecule has 5 heteroatoms. The third kappa shape index (κ3) is 2.24. The van der Waals surface area contributed by atoms with Gasteiger partial charge in [0.25, 0.3) is 5.92 Å². The Morgan fingerprint density at radius 2 is 2.19 bits per heavy atom. The number of benzene rings is 1. The zero-order valence-corrected chi connectivity index (χ0v) is 10.0. The van der Waals surface area contributed by atoms with E-state index >= 15 is 0 Å². The number of carbonyl (C=O) groups excluding carboxylic acids is 1. The summed E-state index contributed by atoms with van der Waals surface area (Å²) in [5.74, 6) is -2.61. The fourth-order valence-electron chi connectivity index (χ4n) is 1.79. The lowest BCUT2D eigenvalue weighted by Gasteiger charge is -2.19. The molecule has 0 N–H and O–H groups in total. The highest BCUT2D eigenvalue weighted by Crippen LogP contribution is 2.34. The number of halogens is 3. The first-order valence-corrected chi connectivity index (χ1v) is 5.69. The molecule has 0 amide bonds. The Morgan fingerprint density at radius 3 is 2.69 bits per heavy atom. The zero-order chi connectivity index (χ0) is 11.8. The lowest BCUT2D eigenvalue weighted by Crippen LogP contribution is -2.25. The summed E-state index contributed by atoms with van der Waals surface area (Å²) in [6, 6.07) is 4.96. The molecule has 16 heavy (non-hydrogen) atoms. The number of hydrogen-bond acceptors (Lipinski definition) is 2. The van der Waals surface area contributed by atoms with Crippen molar-refractivity contribution in [1.29, 1.82) is 0 Å². The SMILES string of the molecule is O=Cc1ccc(N2CCC(F)(F)C2)c(Br)c1. The summed E-state index contributed by atoms with van der Waals surface area (Å²) in [4.78, 5) is 12.2. The van der Waals surface area contributed by atoms with E-state index in [0.29, 0.717) is 22.3 Å². The molecule has 1 aromatic carbocycles. The van der Waals surface area contributed by atoms with Crippen LogP contribution in [0.5, 0.6) is 0 Å². The normalized spacial score (nSPS) is 18.8. The second kappa shape index (κ2) is 4.13. The zero-order valence-electron chi connectivity index (χ0n) is 8.42. The molecule has 2 rings (SSSR count). The van der Waals surface area contributed by atoms with Gasteiger partial charge in [-0.2, -0.15) is 0 Å². The molecule has 1 aromatic rings. The predicted molar refractivity (Wildman–Crippen MR) is 61.3 cm³/mol. The van der Waals surface area contributed by atoms with Gasteiger partial charge in [0.05, 0.1) is 12.2 Å². The molecule has 1 heterocycles. The maximum Gasteiger partial charge on any atom is 0.266 e. The van der Waals surface area contributed by atoms with Gasteiger partial charge in [0.2, 0.25) is 0 Å². The Labute approximate surface area is 100 Å². The van der Waals surface area contributed by atoms with Gasteiger partial charge in [-0.05, 0) is 34.1 Å². The van der Waals surface area contributed by atoms with Gasteiger partial charge in [-0.25, -0.2) is 8.78 Å². The van der Waals surface area contributed by atoms with Crippen molar-refractivity contribution in [1.82, 2.24) is 0 Å². The first-order chi connectivity index (χ1) is 7.52. The highest BCUT2D eigenvalue weighted by molar-refractivity contribution is 9.10. The number of alkyl halides is 2. The topological polar surface area (TPSA) is 20.3 Å². The minimum absolute atomic E-state index is 0.116. The van der Waals surface area contributed by atoms with Crippen molar-refractivity contribution in [2.24, 2.45) is 0 Å². The lowest BCUT2D eigenvalue weighted by atomic mass is 10.2. The summed E-state index contributed by atoms with van der Waals surface area (Å²) in [6.07, 6.45) is 0.613. The van der Waals surface area contributed by atoms with Gasteiger partial charge < -0.3 is 4.90 Å². The number of aldehydes is 1. The van der Waals surface area contributed by atoms with E-state index in [0.717, 1.165) is 6.29 Å². The van der Waals surface area contributed by atoms with Crippen LogP contribution in [0.4, 0.5) is 14.5 Å². The second-order valence-electron chi connectivity index (χ2n) is 3.86. The van der Waals surface area contributed by atoms with E-state index in [4.69, 9.17) is 0 Å². The molecule has 86 valence electrons. The van der Waals surface area contributed by atoms with Crippen LogP contribution < -0.4 is 4.90 Å². The van der Waals surface area contributed by atoms with Gasteiger partial charge in [0.15, 0.2) is 0 Å². The average molecular weight is 290 g/mol. The van der Waals surface area contributed by atoms with Crippen LogP contribution in [0.3, 0.4) is 0 Å². The minimum Gasteiger partial charge on any atom is -0.364 e. The summed E-state index contributed by atoms with van der Waals surface area (Å²) in [6.45, 7) is 0.0814. The first kappa shape index (κ1) is 11.5. The van der Waals surface area contributed by atoms with Crippen molar-refractivity contribution in [2.75, 3.05) is 18.0 Å². The molecule has 0 spiro atoms. The maximum absolute atomic E-state index is 13.0. The Balaban J connectivity index is 2.25. The van der Waals surface area contributed by atoms with Crippen molar-refractivity contribution in [3.05, 3.63) is 28.2 Å². The average Bonchev–Trinajstić information content (AvgIpc) is 2.58. The van der Waals surface area contributed by atoms with Gasteiger partial charge in [0, 0.05) is 23.0 Å². The van der Waals surface area contributed by atoms with E-state index in [1.165, 1.54) is 0 Å². The van der Waals surface area contributed by atoms with E-state index in [9.17, 15) is 13.6 Å². The summed E-state index contributed by atoms with van der Waals surface area (Å²) >= 11 is 3.29. The van der Waals surface area contributed by atoms with Crippen molar-refractivity contribution in [3.63, 3.8) is 0 Å². The lowest BCUT2D eigenvalue weighted by molar-refractivity contribution is 0.0257. The highest BCUT2D eigenvalue weighted by Gasteiger charge is 2.38. The van der Waals surface area contributed by atoms with Crippen molar-refractivity contribution in [3.8, 4) is 0 Å². The number of carbonyl (C=O) groups is 1. The summed E-state index contributed by atoms with van der Waals surface area (Å²) in [7, 11) is 0. The van der Waals surface area contributed by atoms with Crippen LogP contribution in [0.1, 0.15) is 16.8 Å². The van der Waals surface area contributed by atoms with Crippen LogP contribution in [-0.4, -0.2) is 25.3 Å². The molecule has 0 aromatic heterocycles. The Bertz CT molecular complexity index is 422. The van der Waals surface area contributed by atoms with E-state index in [1.807, 2.05) is 0 Å². The molecule has 0 aliphatic carbocycles. The van der Waals surface area contributed by atoms with Gasteiger partial charge in [-0.3, -0.25) is 4.79 Å². The molecule has 0 bridgehead atoms. The van der Waals surface area contributed by atoms with Crippen molar-refractivity contribution >= 4 is 27.9 Å². The van der Waals surface area contributed by atoms with Gasteiger partial charge in [0.1, 0.15) is 6.29 Å². The minimum atomic E-state index is -2.61. The number of anilines is 1. The molecule has 0 unspecified atom stereocenters. The molecular weight excluding hydrogens is 280 g/mol. The molecule has 2 nitrogen and oxygen atoms in total. The van der Waals surface area contributed by atoms with Crippen molar-refractivity contribution < 1.29 is 13.6 Å². The van der Waals surface area contributed by atoms with Crippen LogP contribution >= 0.6 is 15.9 Å². The molecule has 0 saturated carbocycles. The smallest absolute Gasteiger partial charge is 0.266 e. The van der Waals surface area contributed by atoms with Crippen LogP contribution in [0.2, 0.25) is 0 Å². The molecule has 1 saturated heterocycles. The fourth-order valence-corrected chi connectivity index (χ4v) is 2.44. The Kier molecular flexibility index (Phi) is 2.97. The fraction of sp³-hybridized carbons (Fsp3) is 0.364. The highest BCUT2D eigenvalue weighted by atomic mass is 79.9. The van der Waals surface area contributed by atoms with E-state index in [-0.39, 0.29) is 13.0 Å². The molecular formula is C11H10BrF2NO. The predicted octanol–water partition coefficient (Wildman–Crippen LogP) is 3.11. The number of nitrogens with zero attached hydrogens (tertiary/aromatic N) is 1. The number of hydrogen-bond donors (Lipinski definition) is 0. The van der Waals surface area contributed by atoms with E-state index in [2.05, 4.69) is 15.9 Å². The van der Waals surface area contributed by atoms with E-state index < -0.39 is 5.92 Å². The van der Waals surface area contributed by atoms with Gasteiger partial charge >= 0.3 is 0 Å². The monoisotopic (exact) mass is 289 g/mol. The molecule has 0 atom stereocenters. The maximum atomic E-state index is 13.0. The first-order valence-electron chi connectivity index (χ1n) is 4.89. The Hall–Kier alpha value is -0.970. The molecule has 1 aliphatic heterocycles. The van der Waals surface area contributed by atoms with Crippen molar-refractivity contribution in [2.45, 2.75) is 12.3 Å².